The van der Waals surface area contributed by atoms with Crippen LogP contribution >= 0.6 is 0 Å². The Morgan fingerprint density at radius 3 is 1.78 bits per heavy atom. The molecular weight excluding hydrogens is 625 g/mol. The van der Waals surface area contributed by atoms with Crippen molar-refractivity contribution in [3.8, 4) is 28.6 Å². The molecule has 0 aliphatic rings. The fourth-order valence-electron chi connectivity index (χ4n) is 6.56. The third-order valence-electron chi connectivity index (χ3n) is 9.22. The Morgan fingerprint density at radius 2 is 1.18 bits per heavy atom. The number of hydrogen-bond donors (Lipinski definition) is 0. The van der Waals surface area contributed by atoms with Gasteiger partial charge >= 0.3 is 0 Å². The van der Waals surface area contributed by atoms with Gasteiger partial charge < -0.3 is 13.9 Å². The van der Waals surface area contributed by atoms with Crippen molar-refractivity contribution in [3.05, 3.63) is 194 Å². The van der Waals surface area contributed by atoms with Crippen LogP contribution in [-0.4, -0.2) is 14.8 Å². The first-order valence-electron chi connectivity index (χ1n) is 17.1. The standard InChI is InChI=1S/C46H36N4O/c1-4-34-22-28-43-41(30-34)42-31-37(32(2)20-21-33(3)49(38-16-10-6-11-17-38)39-18-12-7-13-19-39)25-29-44(42)50(43)40-26-23-36(24-27-40)46-48-47-45(51-46)35-14-8-5-9-15-35/h5-31H,2-4H2,1H3/b21-20-. The number of aromatic nitrogens is 3. The molecule has 0 radical (unpaired) electrons. The monoisotopic (exact) mass is 660 g/mol. The van der Waals surface area contributed by atoms with E-state index < -0.39 is 0 Å². The molecule has 0 N–H and O–H groups in total. The van der Waals surface area contributed by atoms with E-state index in [0.717, 1.165) is 62.5 Å². The van der Waals surface area contributed by atoms with E-state index in [4.69, 9.17) is 4.42 Å². The molecule has 0 saturated heterocycles. The van der Waals surface area contributed by atoms with Gasteiger partial charge in [-0.25, -0.2) is 0 Å². The molecule has 0 aliphatic carbocycles. The molecule has 0 atom stereocenters. The summed E-state index contributed by atoms with van der Waals surface area (Å²) in [6, 6.07) is 52.1. The van der Waals surface area contributed by atoms with Gasteiger partial charge in [-0.15, -0.1) is 10.2 Å². The van der Waals surface area contributed by atoms with Gasteiger partial charge in [0.15, 0.2) is 0 Å². The normalized spacial score (nSPS) is 11.4. The molecule has 6 aromatic carbocycles. The Bertz CT molecular complexity index is 2490. The highest BCUT2D eigenvalue weighted by Gasteiger charge is 2.16. The Morgan fingerprint density at radius 1 is 0.627 bits per heavy atom. The van der Waals surface area contributed by atoms with Gasteiger partial charge in [-0.05, 0) is 114 Å². The Labute approximate surface area is 297 Å². The maximum absolute atomic E-state index is 6.03. The molecule has 5 nitrogen and oxygen atoms in total. The number of aryl methyl sites for hydroxylation is 1. The molecule has 0 unspecified atom stereocenters. The number of hydrogen-bond acceptors (Lipinski definition) is 4. The minimum atomic E-state index is 0.491. The quantitative estimate of drug-likeness (QED) is 0.137. The van der Waals surface area contributed by atoms with Gasteiger partial charge in [0.25, 0.3) is 0 Å². The summed E-state index contributed by atoms with van der Waals surface area (Å²) in [7, 11) is 0. The first-order valence-corrected chi connectivity index (χ1v) is 17.1. The second-order valence-corrected chi connectivity index (χ2v) is 12.5. The van der Waals surface area contributed by atoms with Crippen LogP contribution in [0.4, 0.5) is 11.4 Å². The van der Waals surface area contributed by atoms with Crippen LogP contribution in [-0.2, 0) is 6.42 Å². The fourth-order valence-corrected chi connectivity index (χ4v) is 6.56. The summed E-state index contributed by atoms with van der Waals surface area (Å²) in [6.45, 7) is 11.1. The summed E-state index contributed by atoms with van der Waals surface area (Å²) in [6.07, 6.45) is 5.06. The zero-order valence-corrected chi connectivity index (χ0v) is 28.4. The molecule has 0 aliphatic heterocycles. The van der Waals surface area contributed by atoms with Gasteiger partial charge in [0.2, 0.25) is 11.8 Å². The first kappa shape index (κ1) is 31.5. The van der Waals surface area contributed by atoms with E-state index in [1.807, 2.05) is 84.9 Å². The molecule has 0 spiro atoms. The van der Waals surface area contributed by atoms with E-state index in [1.54, 1.807) is 0 Å². The summed E-state index contributed by atoms with van der Waals surface area (Å²) in [4.78, 5) is 2.15. The second-order valence-electron chi connectivity index (χ2n) is 12.5. The third-order valence-corrected chi connectivity index (χ3v) is 9.22. The molecule has 246 valence electrons. The average molecular weight is 661 g/mol. The van der Waals surface area contributed by atoms with Crippen LogP contribution in [0.25, 0.3) is 56.0 Å². The SMILES string of the molecule is C=C(/C=C\C(=C)N(c1ccccc1)c1ccccc1)c1ccc2c(c1)c1cc(CC)ccc1n2-c1ccc(-c2nnc(-c3ccccc3)o2)cc1. The molecule has 0 bridgehead atoms. The summed E-state index contributed by atoms with van der Waals surface area (Å²) in [5, 5.41) is 11.0. The Kier molecular flexibility index (Phi) is 8.44. The predicted octanol–water partition coefficient (Wildman–Crippen LogP) is 12.0. The molecule has 8 aromatic rings. The van der Waals surface area contributed by atoms with Crippen molar-refractivity contribution in [2.45, 2.75) is 13.3 Å². The number of nitrogens with zero attached hydrogens (tertiary/aromatic N) is 4. The van der Waals surface area contributed by atoms with Crippen molar-refractivity contribution in [2.24, 2.45) is 0 Å². The number of allylic oxidation sites excluding steroid dienone is 3. The van der Waals surface area contributed by atoms with Gasteiger partial charge in [-0.2, -0.15) is 0 Å². The van der Waals surface area contributed by atoms with E-state index in [1.165, 1.54) is 16.3 Å². The topological polar surface area (TPSA) is 47.1 Å². The van der Waals surface area contributed by atoms with Gasteiger partial charge in [0.05, 0.1) is 11.0 Å². The molecular formula is C46H36N4O. The largest absolute Gasteiger partial charge is 0.416 e. The van der Waals surface area contributed by atoms with Gasteiger partial charge in [0.1, 0.15) is 0 Å². The van der Waals surface area contributed by atoms with E-state index in [-0.39, 0.29) is 0 Å². The van der Waals surface area contributed by atoms with Crippen LogP contribution in [0.2, 0.25) is 0 Å². The zero-order chi connectivity index (χ0) is 34.7. The van der Waals surface area contributed by atoms with E-state index in [2.05, 4.69) is 119 Å². The molecule has 8 rings (SSSR count). The number of benzene rings is 6. The Balaban J connectivity index is 1.12. The summed E-state index contributed by atoms with van der Waals surface area (Å²) in [5.74, 6) is 0.995. The van der Waals surface area contributed by atoms with Crippen LogP contribution < -0.4 is 4.90 Å². The zero-order valence-electron chi connectivity index (χ0n) is 28.4. The number of fused-ring (bicyclic) bond motifs is 3. The molecule has 0 amide bonds. The summed E-state index contributed by atoms with van der Waals surface area (Å²) < 4.78 is 8.35. The number of rotatable bonds is 10. The molecule has 51 heavy (non-hydrogen) atoms. The third kappa shape index (κ3) is 6.18. The average Bonchev–Trinajstić information content (AvgIpc) is 3.81. The minimum absolute atomic E-state index is 0.491. The molecule has 0 saturated carbocycles. The van der Waals surface area contributed by atoms with Crippen molar-refractivity contribution >= 4 is 38.8 Å². The van der Waals surface area contributed by atoms with Crippen molar-refractivity contribution < 1.29 is 4.42 Å². The van der Waals surface area contributed by atoms with Gasteiger partial charge in [-0.3, -0.25) is 0 Å². The highest BCUT2D eigenvalue weighted by molar-refractivity contribution is 6.10. The van der Waals surface area contributed by atoms with Gasteiger partial charge in [0, 0.05) is 44.7 Å². The van der Waals surface area contributed by atoms with E-state index >= 15 is 0 Å². The smallest absolute Gasteiger partial charge is 0.248 e. The fraction of sp³-hybridized carbons (Fsp3) is 0.0435. The highest BCUT2D eigenvalue weighted by atomic mass is 16.4. The lowest BCUT2D eigenvalue weighted by Crippen LogP contribution is -2.14. The molecule has 5 heteroatoms. The molecule has 2 aromatic heterocycles. The Hall–Kier alpha value is -6.72. The molecule has 2 heterocycles. The van der Waals surface area contributed by atoms with Gasteiger partial charge in [-0.1, -0.05) is 92.9 Å². The number of para-hydroxylation sites is 2. The van der Waals surface area contributed by atoms with Crippen LogP contribution in [0, 0.1) is 0 Å². The lowest BCUT2D eigenvalue weighted by Gasteiger charge is -2.25. The summed E-state index contributed by atoms with van der Waals surface area (Å²) in [5.41, 5.74) is 11.3. The van der Waals surface area contributed by atoms with Crippen molar-refractivity contribution in [2.75, 3.05) is 4.90 Å². The van der Waals surface area contributed by atoms with E-state index in [0.29, 0.717) is 11.8 Å². The van der Waals surface area contributed by atoms with Crippen molar-refractivity contribution in [1.29, 1.82) is 0 Å². The molecule has 0 fully saturated rings. The van der Waals surface area contributed by atoms with Crippen molar-refractivity contribution in [3.63, 3.8) is 0 Å². The van der Waals surface area contributed by atoms with Crippen LogP contribution in [0.3, 0.4) is 0 Å². The maximum atomic E-state index is 6.03. The maximum Gasteiger partial charge on any atom is 0.248 e. The van der Waals surface area contributed by atoms with Crippen LogP contribution in [0.15, 0.2) is 187 Å². The minimum Gasteiger partial charge on any atom is -0.416 e. The van der Waals surface area contributed by atoms with Crippen LogP contribution in [0.5, 0.6) is 0 Å². The lowest BCUT2D eigenvalue weighted by molar-refractivity contribution is 0.584. The number of anilines is 2. The lowest BCUT2D eigenvalue weighted by atomic mass is 10.0. The second kappa shape index (κ2) is 13.7. The van der Waals surface area contributed by atoms with E-state index in [9.17, 15) is 0 Å². The highest BCUT2D eigenvalue weighted by Crippen LogP contribution is 2.36. The first-order chi connectivity index (χ1) is 25.1. The van der Waals surface area contributed by atoms with Crippen molar-refractivity contribution in [1.82, 2.24) is 14.8 Å². The summed E-state index contributed by atoms with van der Waals surface area (Å²) >= 11 is 0. The predicted molar refractivity (Wildman–Crippen MR) is 211 cm³/mol. The van der Waals surface area contributed by atoms with Crippen LogP contribution in [0.1, 0.15) is 18.1 Å².